The van der Waals surface area contributed by atoms with Crippen LogP contribution in [0.2, 0.25) is 5.02 Å². The molecule has 0 bridgehead atoms. The molecule has 1 aromatic heterocycles. The Bertz CT molecular complexity index is 1630. The van der Waals surface area contributed by atoms with Crippen molar-refractivity contribution >= 4 is 32.5 Å². The van der Waals surface area contributed by atoms with E-state index in [4.69, 9.17) is 11.6 Å². The number of halogens is 6. The minimum absolute atomic E-state index is 0.198. The lowest BCUT2D eigenvalue weighted by Crippen LogP contribution is -2.16. The van der Waals surface area contributed by atoms with Crippen molar-refractivity contribution in [1.29, 1.82) is 0 Å². The van der Waals surface area contributed by atoms with Gasteiger partial charge in [-0.05, 0) is 36.8 Å². The molecule has 0 amide bonds. The fraction of sp³-hybridized carbons (Fsp3) is 0.0476. The third-order valence-electron chi connectivity index (χ3n) is 4.87. The predicted octanol–water partition coefficient (Wildman–Crippen LogP) is 5.02. The third kappa shape index (κ3) is 3.88. The molecule has 0 spiro atoms. The second kappa shape index (κ2) is 8.37. The van der Waals surface area contributed by atoms with E-state index in [1.54, 1.807) is 25.1 Å². The molecule has 0 aliphatic rings. The maximum absolute atomic E-state index is 13.9. The van der Waals surface area contributed by atoms with Crippen LogP contribution in [0, 0.1) is 36.0 Å². The molecule has 34 heavy (non-hydrogen) atoms. The van der Waals surface area contributed by atoms with Crippen molar-refractivity contribution in [3.05, 3.63) is 86.4 Å². The minimum atomic E-state index is -5.14. The first-order valence-electron chi connectivity index (χ1n) is 9.17. The van der Waals surface area contributed by atoms with Crippen LogP contribution in [0.15, 0.2) is 46.1 Å². The number of H-pyrrole nitrogens is 1. The monoisotopic (exact) mass is 516 g/mol. The molecule has 0 aliphatic heterocycles. The lowest BCUT2D eigenvalue weighted by Gasteiger charge is -2.12. The van der Waals surface area contributed by atoms with E-state index >= 15 is 0 Å². The highest BCUT2D eigenvalue weighted by Crippen LogP contribution is 2.33. The van der Waals surface area contributed by atoms with Gasteiger partial charge in [-0.15, -0.1) is 0 Å². The van der Waals surface area contributed by atoms with Crippen LogP contribution in [-0.4, -0.2) is 18.6 Å². The summed E-state index contributed by atoms with van der Waals surface area (Å²) < 4.78 is 97.2. The van der Waals surface area contributed by atoms with E-state index < -0.39 is 55.4 Å². The highest BCUT2D eigenvalue weighted by Gasteiger charge is 2.31. The minimum Gasteiger partial charge on any atom is -0.372 e. The zero-order valence-electron chi connectivity index (χ0n) is 16.7. The smallest absolute Gasteiger partial charge is 0.339 e. The van der Waals surface area contributed by atoms with Crippen molar-refractivity contribution in [3.63, 3.8) is 0 Å². The Kier molecular flexibility index (Phi) is 5.82. The van der Waals surface area contributed by atoms with E-state index in [9.17, 15) is 35.2 Å². The lowest BCUT2D eigenvalue weighted by molar-refractivity contribution is 0.346. The number of aromatic amines is 1. The average Bonchev–Trinajstić information content (AvgIpc) is 2.81. The molecular weight excluding hydrogens is 507 g/mol. The highest BCUT2D eigenvalue weighted by molar-refractivity contribution is 7.87. The van der Waals surface area contributed by atoms with Crippen LogP contribution in [0.5, 0.6) is 5.75 Å². The first kappa shape index (κ1) is 23.6. The van der Waals surface area contributed by atoms with Gasteiger partial charge in [0.05, 0.1) is 11.1 Å². The second-order valence-corrected chi connectivity index (χ2v) is 8.99. The fourth-order valence-electron chi connectivity index (χ4n) is 3.17. The van der Waals surface area contributed by atoms with Crippen LogP contribution >= 0.6 is 11.6 Å². The molecule has 4 rings (SSSR count). The lowest BCUT2D eigenvalue weighted by atomic mass is 10.0. The van der Waals surface area contributed by atoms with Gasteiger partial charge in [-0.1, -0.05) is 23.7 Å². The summed E-state index contributed by atoms with van der Waals surface area (Å²) in [6, 6.07) is 7.84. The van der Waals surface area contributed by atoms with Crippen molar-refractivity contribution in [3.8, 4) is 17.0 Å². The normalized spacial score (nSPS) is 11.7. The van der Waals surface area contributed by atoms with Gasteiger partial charge < -0.3 is 4.18 Å². The predicted molar refractivity (Wildman–Crippen MR) is 112 cm³/mol. The van der Waals surface area contributed by atoms with E-state index in [1.165, 1.54) is 6.07 Å². The maximum Gasteiger partial charge on any atom is 0.339 e. The number of nitrogens with one attached hydrogen (secondary N) is 1. The Morgan fingerprint density at radius 1 is 0.882 bits per heavy atom. The Labute approximate surface area is 192 Å². The van der Waals surface area contributed by atoms with E-state index in [2.05, 4.69) is 14.4 Å². The average molecular weight is 517 g/mol. The SMILES string of the molecule is Cc1ccc(Cl)cc1-c1n[nH]c(=O)c2cc(S(=O)(=O)Oc3c(F)c(F)c(F)c(F)c3F)ccc12. The number of hydrogen-bond acceptors (Lipinski definition) is 5. The number of nitrogens with zero attached hydrogens (tertiary/aromatic N) is 1. The molecular formula is C21H10ClF5N2O4S. The van der Waals surface area contributed by atoms with Gasteiger partial charge in [0.1, 0.15) is 4.90 Å². The van der Waals surface area contributed by atoms with E-state index in [1.807, 2.05) is 0 Å². The van der Waals surface area contributed by atoms with Gasteiger partial charge in [0.25, 0.3) is 5.56 Å². The number of aromatic nitrogens is 2. The van der Waals surface area contributed by atoms with Crippen LogP contribution in [0.1, 0.15) is 5.56 Å². The molecule has 1 heterocycles. The van der Waals surface area contributed by atoms with Crippen molar-refractivity contribution in [1.82, 2.24) is 10.2 Å². The molecule has 176 valence electrons. The number of hydrogen-bond donors (Lipinski definition) is 1. The van der Waals surface area contributed by atoms with Crippen LogP contribution in [-0.2, 0) is 10.1 Å². The van der Waals surface area contributed by atoms with E-state index in [0.717, 1.165) is 17.7 Å². The number of fused-ring (bicyclic) bond motifs is 1. The molecule has 6 nitrogen and oxygen atoms in total. The molecule has 0 radical (unpaired) electrons. The summed E-state index contributed by atoms with van der Waals surface area (Å²) in [7, 11) is -5.14. The van der Waals surface area contributed by atoms with Crippen LogP contribution in [0.25, 0.3) is 22.0 Å². The Hall–Kier alpha value is -3.51. The second-order valence-electron chi connectivity index (χ2n) is 7.00. The molecule has 0 atom stereocenters. The summed E-state index contributed by atoms with van der Waals surface area (Å²) >= 11 is 6.04. The summed E-state index contributed by atoms with van der Waals surface area (Å²) in [6.45, 7) is 1.75. The van der Waals surface area contributed by atoms with Crippen molar-refractivity contribution in [2.75, 3.05) is 0 Å². The zero-order valence-corrected chi connectivity index (χ0v) is 18.3. The summed E-state index contributed by atoms with van der Waals surface area (Å²) in [6.07, 6.45) is 0. The van der Waals surface area contributed by atoms with E-state index in [-0.39, 0.29) is 16.5 Å². The summed E-state index contributed by atoms with van der Waals surface area (Å²) in [5, 5.41) is 6.57. The molecule has 0 unspecified atom stereocenters. The summed E-state index contributed by atoms with van der Waals surface area (Å²) in [4.78, 5) is 11.6. The first-order chi connectivity index (χ1) is 15.9. The molecule has 0 aliphatic carbocycles. The van der Waals surface area contributed by atoms with Crippen molar-refractivity contribution in [2.24, 2.45) is 0 Å². The molecule has 1 N–H and O–H groups in total. The number of benzene rings is 3. The van der Waals surface area contributed by atoms with Crippen molar-refractivity contribution in [2.45, 2.75) is 11.8 Å². The molecule has 0 saturated heterocycles. The first-order valence-corrected chi connectivity index (χ1v) is 11.0. The number of rotatable bonds is 4. The molecule has 4 aromatic rings. The van der Waals surface area contributed by atoms with E-state index in [0.29, 0.717) is 10.6 Å². The Balaban J connectivity index is 1.86. The van der Waals surface area contributed by atoms with Gasteiger partial charge in [-0.25, -0.2) is 18.3 Å². The fourth-order valence-corrected chi connectivity index (χ4v) is 4.30. The Morgan fingerprint density at radius 2 is 1.50 bits per heavy atom. The van der Waals surface area contributed by atoms with Crippen LogP contribution in [0.3, 0.4) is 0 Å². The van der Waals surface area contributed by atoms with Gasteiger partial charge in [0.15, 0.2) is 0 Å². The molecule has 3 aromatic carbocycles. The van der Waals surface area contributed by atoms with Gasteiger partial charge >= 0.3 is 10.1 Å². The van der Waals surface area contributed by atoms with Crippen LogP contribution < -0.4 is 9.74 Å². The molecule has 0 saturated carbocycles. The van der Waals surface area contributed by atoms with Gasteiger partial charge in [0, 0.05) is 16.0 Å². The maximum atomic E-state index is 13.9. The highest BCUT2D eigenvalue weighted by atomic mass is 35.5. The number of aryl methyl sites for hydroxylation is 1. The van der Waals surface area contributed by atoms with Crippen LogP contribution in [0.4, 0.5) is 22.0 Å². The summed E-state index contributed by atoms with van der Waals surface area (Å²) in [5.74, 6) is -14.2. The quantitative estimate of drug-likeness (QED) is 0.178. The van der Waals surface area contributed by atoms with Gasteiger partial charge in [-0.3, -0.25) is 4.79 Å². The molecule has 13 heteroatoms. The molecule has 0 fully saturated rings. The summed E-state index contributed by atoms with van der Waals surface area (Å²) in [5.41, 5.74) is 0.699. The van der Waals surface area contributed by atoms with Crippen molar-refractivity contribution < 1.29 is 34.6 Å². The van der Waals surface area contributed by atoms with Gasteiger partial charge in [0.2, 0.25) is 34.8 Å². The third-order valence-corrected chi connectivity index (χ3v) is 6.32. The standard InChI is InChI=1S/C21H10ClF5N2O4S/c1-8-2-3-9(22)6-12(8)19-11-5-4-10(7-13(11)21(30)29-28-19)34(31,32)33-20-17(26)15(24)14(23)16(25)18(20)27/h2-7H,1H3,(H,29,30). The Morgan fingerprint density at radius 3 is 2.15 bits per heavy atom. The zero-order chi connectivity index (χ0) is 24.9. The largest absolute Gasteiger partial charge is 0.372 e. The topological polar surface area (TPSA) is 89.1 Å². The van der Waals surface area contributed by atoms with Gasteiger partial charge in [-0.2, -0.15) is 22.3 Å².